The molecule has 0 amide bonds. The van der Waals surface area contributed by atoms with Crippen LogP contribution in [0.3, 0.4) is 0 Å². The Bertz CT molecular complexity index is 4560. The van der Waals surface area contributed by atoms with Gasteiger partial charge in [-0.2, -0.15) is 0 Å². The molecule has 7 heterocycles. The number of allylic oxidation sites excluding steroid dienone is 1. The van der Waals surface area contributed by atoms with E-state index in [-0.39, 0.29) is 22.7 Å². The molecule has 5 aliphatic rings. The van der Waals surface area contributed by atoms with Crippen LogP contribution in [-0.4, -0.2) is 151 Å². The minimum atomic E-state index is -0.745. The number of carbonyl (C=O) groups excluding carboxylic acids is 1. The monoisotopic (exact) mass is 1330 g/mol. The van der Waals surface area contributed by atoms with Crippen LogP contribution in [0.4, 0.5) is 0 Å². The summed E-state index contributed by atoms with van der Waals surface area (Å²) in [7, 11) is 11.1. The Morgan fingerprint density at radius 2 is 0.837 bits per heavy atom. The standard InChI is InChI=1S/2C21H22N2O4.C14H15NO.C13H14N2O.C8H8O3.H2O/c2*1-26-13-4-5-14-15-7-8-22-17(21(15)23-16(14)10-13)11-19(25)12-3-6-18(24)20(9-12)27-2;1-9-14-8-10-7-11(16-2)3-4-12(10)13(14)5-6-15-9;1-8-13-11(5-6-14-8)10-4-3-9(16-2)7-12(10)15-13;1-11-8-4-6(5-9)2-3-7(8)10;/h2*3-6,9-10,19,23-25H,7-8,11H2,1-2H3;3-4,7H,5-6,8H2,1-2H3;3-4,7,15H,5-6H2,1-2H3;2-5,10H,1H3;1H2. The van der Waals surface area contributed by atoms with E-state index in [1.165, 1.54) is 118 Å². The van der Waals surface area contributed by atoms with Crippen molar-refractivity contribution in [1.29, 1.82) is 0 Å². The number of methoxy groups -OCH3 is 7. The van der Waals surface area contributed by atoms with Crippen molar-refractivity contribution in [1.82, 2.24) is 15.0 Å². The highest BCUT2D eigenvalue weighted by Gasteiger charge is 2.28. The number of fused-ring (bicyclic) bond motifs is 11. The molecular formula is C77H83N7O14. The fraction of sp³-hybridized carbons (Fsp3) is 0.286. The van der Waals surface area contributed by atoms with Gasteiger partial charge >= 0.3 is 0 Å². The number of hydrogen-bond acceptors (Lipinski definition) is 17. The number of aliphatic hydroxyl groups is 2. The Labute approximate surface area is 567 Å². The molecule has 10 aromatic rings. The summed E-state index contributed by atoms with van der Waals surface area (Å²) in [6.45, 7) is 7.43. The highest BCUT2D eigenvalue weighted by Crippen LogP contribution is 2.41. The Hall–Kier alpha value is -10.9. The predicted octanol–water partition coefficient (Wildman–Crippen LogP) is 12.5. The van der Waals surface area contributed by atoms with Crippen molar-refractivity contribution >= 4 is 67.4 Å². The number of phenolic OH excluding ortho intramolecular Hbond substituents is 3. The lowest BCUT2D eigenvalue weighted by Crippen LogP contribution is -2.15. The van der Waals surface area contributed by atoms with Crippen molar-refractivity contribution < 1.29 is 69.0 Å². The van der Waals surface area contributed by atoms with Gasteiger partial charge in [0.25, 0.3) is 0 Å². The molecule has 0 bridgehead atoms. The summed E-state index contributed by atoms with van der Waals surface area (Å²) < 4.78 is 36.2. The number of dihydropyridines is 1. The molecule has 0 saturated carbocycles. The number of nitrogens with zero attached hydrogens (tertiary/aromatic N) is 4. The van der Waals surface area contributed by atoms with Crippen molar-refractivity contribution in [2.45, 2.75) is 71.0 Å². The van der Waals surface area contributed by atoms with Crippen LogP contribution in [0, 0.1) is 0 Å². The molecule has 0 spiro atoms. The summed E-state index contributed by atoms with van der Waals surface area (Å²) in [6.07, 6.45) is 4.85. The number of carbonyl (C=O) groups is 1. The van der Waals surface area contributed by atoms with Crippen LogP contribution in [0.1, 0.15) is 112 Å². The van der Waals surface area contributed by atoms with Crippen LogP contribution in [-0.2, 0) is 25.7 Å². The normalized spacial score (nSPS) is 14.4. The van der Waals surface area contributed by atoms with Crippen molar-refractivity contribution in [2.24, 2.45) is 20.0 Å². The third kappa shape index (κ3) is 15.0. The van der Waals surface area contributed by atoms with Crippen molar-refractivity contribution in [2.75, 3.05) is 75.9 Å². The molecule has 3 aromatic heterocycles. The average Bonchev–Trinajstić information content (AvgIpc) is 1.64. The number of benzene rings is 7. The van der Waals surface area contributed by atoms with Gasteiger partial charge in [-0.15, -0.1) is 0 Å². The maximum absolute atomic E-state index is 10.7. The molecule has 0 fully saturated rings. The maximum Gasteiger partial charge on any atom is 0.161 e. The number of aldehydes is 1. The van der Waals surface area contributed by atoms with E-state index in [9.17, 15) is 25.2 Å². The minimum absolute atomic E-state index is 0. The summed E-state index contributed by atoms with van der Waals surface area (Å²) in [5.41, 5.74) is 21.8. The van der Waals surface area contributed by atoms with E-state index >= 15 is 0 Å². The van der Waals surface area contributed by atoms with E-state index in [1.54, 1.807) is 52.7 Å². The van der Waals surface area contributed by atoms with Crippen molar-refractivity contribution in [3.05, 3.63) is 195 Å². The summed E-state index contributed by atoms with van der Waals surface area (Å²) in [4.78, 5) is 38.8. The smallest absolute Gasteiger partial charge is 0.161 e. The van der Waals surface area contributed by atoms with Crippen LogP contribution in [0.25, 0.3) is 38.3 Å². The summed E-state index contributed by atoms with van der Waals surface area (Å²) in [5, 5.41) is 53.6. The number of aliphatic hydroxyl groups excluding tert-OH is 2. The SMILES string of the molecule is COc1cc(C=O)ccc1O.COc1ccc2c(c1)CC1=C2CCN=C1C.COc1ccc2c3c([nH]c2c1)C(C)=NCC3.COc1ccc2c3c([nH]c2c1)C(CC(O)c1ccc(O)c(OC)c1)=NCC3.COc1ccc2c3c([nH]c2c1)C(CC(O)c1ccc(O)c(OC)c1)=NCC3.O. The maximum atomic E-state index is 10.7. The van der Waals surface area contributed by atoms with E-state index in [0.717, 1.165) is 113 Å². The third-order valence-corrected chi connectivity index (χ3v) is 18.1. The second-order valence-corrected chi connectivity index (χ2v) is 23.8. The lowest BCUT2D eigenvalue weighted by Gasteiger charge is -2.17. The lowest BCUT2D eigenvalue weighted by molar-refractivity contribution is 0.112. The molecule has 2 unspecified atom stereocenters. The molecular weight excluding hydrogens is 1250 g/mol. The van der Waals surface area contributed by atoms with Crippen LogP contribution in [0.2, 0.25) is 0 Å². The van der Waals surface area contributed by atoms with E-state index in [2.05, 4.69) is 85.2 Å². The van der Waals surface area contributed by atoms with Gasteiger partial charge < -0.3 is 79.1 Å². The molecule has 0 radical (unpaired) electrons. The van der Waals surface area contributed by atoms with Crippen molar-refractivity contribution in [3.63, 3.8) is 0 Å². The van der Waals surface area contributed by atoms with Gasteiger partial charge in [-0.1, -0.05) is 18.2 Å². The molecule has 4 aliphatic heterocycles. The van der Waals surface area contributed by atoms with Gasteiger partial charge in [0.1, 0.15) is 29.3 Å². The molecule has 21 heteroatoms. The predicted molar refractivity (Wildman–Crippen MR) is 384 cm³/mol. The Kier molecular flexibility index (Phi) is 22.4. The molecule has 7 aromatic carbocycles. The minimum Gasteiger partial charge on any atom is -0.504 e. The summed E-state index contributed by atoms with van der Waals surface area (Å²) >= 11 is 0. The summed E-state index contributed by atoms with van der Waals surface area (Å²) in [6, 6.07) is 38.7. The number of hydrogen-bond donors (Lipinski definition) is 8. The molecule has 21 nitrogen and oxygen atoms in total. The molecule has 510 valence electrons. The zero-order chi connectivity index (χ0) is 68.4. The van der Waals surface area contributed by atoms with Gasteiger partial charge in [0.2, 0.25) is 0 Å². The number of aromatic hydroxyl groups is 3. The third-order valence-electron chi connectivity index (χ3n) is 18.1. The van der Waals surface area contributed by atoms with Gasteiger partial charge in [-0.3, -0.25) is 24.8 Å². The quantitative estimate of drug-likeness (QED) is 0.0470. The van der Waals surface area contributed by atoms with E-state index < -0.39 is 12.2 Å². The topological polar surface area (TPSA) is 311 Å². The van der Waals surface area contributed by atoms with Gasteiger partial charge in [0, 0.05) is 108 Å². The number of aliphatic imine (C=N–C) groups is 4. The first kappa shape index (κ1) is 69.9. The van der Waals surface area contributed by atoms with E-state index in [1.807, 2.05) is 36.4 Å². The van der Waals surface area contributed by atoms with Gasteiger partial charge in [-0.25, -0.2) is 0 Å². The largest absolute Gasteiger partial charge is 0.504 e. The molecule has 10 N–H and O–H groups in total. The van der Waals surface area contributed by atoms with Gasteiger partial charge in [-0.05, 0) is 181 Å². The first-order valence-corrected chi connectivity index (χ1v) is 32.0. The van der Waals surface area contributed by atoms with Crippen LogP contribution in [0.5, 0.6) is 57.5 Å². The molecule has 0 saturated heterocycles. The molecule has 2 atom stereocenters. The number of aromatic nitrogens is 3. The van der Waals surface area contributed by atoms with E-state index in [4.69, 9.17) is 38.3 Å². The van der Waals surface area contributed by atoms with Crippen LogP contribution in [0.15, 0.2) is 153 Å². The molecule has 15 rings (SSSR count). The number of nitrogens with one attached hydrogen (secondary N) is 3. The zero-order valence-electron chi connectivity index (χ0n) is 56.4. The number of aromatic amines is 3. The highest BCUT2D eigenvalue weighted by molar-refractivity contribution is 6.10. The Balaban J connectivity index is 0.000000137. The average molecular weight is 1330 g/mol. The lowest BCUT2D eigenvalue weighted by atomic mass is 9.96. The highest BCUT2D eigenvalue weighted by atomic mass is 16.5. The Morgan fingerprint density at radius 1 is 0.439 bits per heavy atom. The first-order chi connectivity index (χ1) is 47.1. The van der Waals surface area contributed by atoms with Gasteiger partial charge in [0.05, 0.1) is 96.2 Å². The summed E-state index contributed by atoms with van der Waals surface area (Å²) in [5.74, 6) is 4.59. The second kappa shape index (κ2) is 31.3. The Morgan fingerprint density at radius 3 is 1.30 bits per heavy atom. The second-order valence-electron chi connectivity index (χ2n) is 23.8. The number of H-pyrrole nitrogens is 3. The molecule has 98 heavy (non-hydrogen) atoms. The van der Waals surface area contributed by atoms with Crippen LogP contribution < -0.4 is 33.2 Å². The van der Waals surface area contributed by atoms with Gasteiger partial charge in [0.15, 0.2) is 34.5 Å². The first-order valence-electron chi connectivity index (χ1n) is 32.0. The van der Waals surface area contributed by atoms with Crippen LogP contribution >= 0.6 is 0 Å². The number of ether oxygens (including phenoxy) is 7. The number of phenols is 3. The fourth-order valence-corrected chi connectivity index (χ4v) is 13.0. The van der Waals surface area contributed by atoms with Crippen molar-refractivity contribution in [3.8, 4) is 57.5 Å². The molecule has 1 aliphatic carbocycles. The fourth-order valence-electron chi connectivity index (χ4n) is 13.0. The van der Waals surface area contributed by atoms with E-state index in [0.29, 0.717) is 66.2 Å². The zero-order valence-corrected chi connectivity index (χ0v) is 56.4. The number of rotatable bonds is 14.